The van der Waals surface area contributed by atoms with Gasteiger partial charge in [0.2, 0.25) is 0 Å². The maximum atomic E-state index is 10.2. The van der Waals surface area contributed by atoms with E-state index in [0.717, 1.165) is 0 Å². The van der Waals surface area contributed by atoms with Crippen molar-refractivity contribution in [2.24, 2.45) is 17.2 Å². The Balaban J connectivity index is 0. The first-order chi connectivity index (χ1) is 9.63. The van der Waals surface area contributed by atoms with Crippen molar-refractivity contribution in [1.29, 1.82) is 0 Å². The van der Waals surface area contributed by atoms with Gasteiger partial charge in [-0.2, -0.15) is 0 Å². The van der Waals surface area contributed by atoms with Crippen molar-refractivity contribution in [3.8, 4) is 0 Å². The Hall–Kier alpha value is -1.75. The molecule has 0 saturated heterocycles. The van der Waals surface area contributed by atoms with E-state index in [9.17, 15) is 14.4 Å². The summed E-state index contributed by atoms with van der Waals surface area (Å²) >= 11 is 0. The summed E-state index contributed by atoms with van der Waals surface area (Å²) in [6, 6.07) is -2.78. The number of hydrogen-bond acceptors (Lipinski definition) is 7. The topological polar surface area (TPSA) is 210 Å². The highest BCUT2D eigenvalue weighted by molar-refractivity contribution is 5.73. The van der Waals surface area contributed by atoms with E-state index in [1.54, 1.807) is 0 Å². The first-order valence-electron chi connectivity index (χ1n) is 6.19. The summed E-state index contributed by atoms with van der Waals surface area (Å²) < 4.78 is 0. The zero-order valence-corrected chi connectivity index (χ0v) is 11.5. The smallest absolute Gasteiger partial charge is 0.320 e. The molecule has 3 atom stereocenters. The number of aliphatic hydroxyl groups excluding tert-OH is 1. The van der Waals surface area contributed by atoms with Crippen LogP contribution >= 0.6 is 0 Å². The molecule has 0 spiro atoms. The van der Waals surface area contributed by atoms with Crippen molar-refractivity contribution in [2.75, 3.05) is 6.61 Å². The molecule has 0 rings (SSSR count). The van der Waals surface area contributed by atoms with Gasteiger partial charge in [-0.15, -0.1) is 0 Å². The standard InChI is InChI=1S/C7H14N2O4.C4H9NO3/c8-4(6(10)11)2-1-3-5(9)7(12)13;5-3(1-2-6)4(7)8/h4-5H,1-3,8-9H2,(H,10,11)(H,12,13);3,6H,1-2,5H2,(H,7,8)/t4-,5+;3-/m.0/s1. The molecular formula is C11H23N3O7. The molecule has 21 heavy (non-hydrogen) atoms. The third-order valence-corrected chi connectivity index (χ3v) is 2.42. The minimum absolute atomic E-state index is 0.120. The molecule has 0 heterocycles. The molecule has 0 radical (unpaired) electrons. The van der Waals surface area contributed by atoms with Crippen molar-refractivity contribution in [2.45, 2.75) is 43.8 Å². The Morgan fingerprint density at radius 2 is 1.00 bits per heavy atom. The quantitative estimate of drug-likeness (QED) is 0.243. The fourth-order valence-corrected chi connectivity index (χ4v) is 1.07. The lowest BCUT2D eigenvalue weighted by Gasteiger charge is -2.07. The second kappa shape index (κ2) is 12.0. The third-order valence-electron chi connectivity index (χ3n) is 2.42. The Labute approximate surface area is 121 Å². The average Bonchev–Trinajstić information content (AvgIpc) is 2.38. The number of hydrogen-bond donors (Lipinski definition) is 7. The molecule has 0 aliphatic carbocycles. The number of carbonyl (C=O) groups is 3. The molecule has 0 amide bonds. The van der Waals surface area contributed by atoms with Gasteiger partial charge in [-0.25, -0.2) is 0 Å². The minimum Gasteiger partial charge on any atom is -0.480 e. The molecule has 0 aliphatic rings. The Morgan fingerprint density at radius 1 is 0.714 bits per heavy atom. The van der Waals surface area contributed by atoms with E-state index in [-0.39, 0.29) is 25.9 Å². The summed E-state index contributed by atoms with van der Waals surface area (Å²) in [5.74, 6) is -3.23. The van der Waals surface area contributed by atoms with Gasteiger partial charge in [0.1, 0.15) is 18.1 Å². The predicted octanol–water partition coefficient (Wildman–Crippen LogP) is -2.24. The predicted molar refractivity (Wildman–Crippen MR) is 72.4 cm³/mol. The van der Waals surface area contributed by atoms with Crippen LogP contribution in [-0.2, 0) is 14.4 Å². The second-order valence-electron chi connectivity index (χ2n) is 4.28. The van der Waals surface area contributed by atoms with E-state index < -0.39 is 36.0 Å². The van der Waals surface area contributed by atoms with E-state index >= 15 is 0 Å². The van der Waals surface area contributed by atoms with Crippen LogP contribution in [0.15, 0.2) is 0 Å². The van der Waals surface area contributed by atoms with Gasteiger partial charge in [0.25, 0.3) is 0 Å². The van der Waals surface area contributed by atoms with Gasteiger partial charge in [-0.3, -0.25) is 14.4 Å². The first kappa shape index (κ1) is 21.5. The van der Waals surface area contributed by atoms with Gasteiger partial charge >= 0.3 is 17.9 Å². The Morgan fingerprint density at radius 3 is 1.19 bits per heavy atom. The SMILES string of the molecule is N[C@@H](CCO)C(=O)O.N[C@H](CCC[C@H](N)C(=O)O)C(=O)O. The van der Waals surface area contributed by atoms with E-state index in [2.05, 4.69) is 0 Å². The highest BCUT2D eigenvalue weighted by Crippen LogP contribution is 2.01. The molecule has 0 unspecified atom stereocenters. The molecule has 0 fully saturated rings. The van der Waals surface area contributed by atoms with Gasteiger partial charge in [-0.1, -0.05) is 0 Å². The van der Waals surface area contributed by atoms with Gasteiger partial charge in [0.05, 0.1) is 0 Å². The maximum Gasteiger partial charge on any atom is 0.320 e. The number of rotatable bonds is 9. The lowest BCUT2D eigenvalue weighted by Crippen LogP contribution is -2.33. The normalized spacial score (nSPS) is 14.3. The number of nitrogens with two attached hydrogens (primary N) is 3. The highest BCUT2D eigenvalue weighted by atomic mass is 16.4. The zero-order valence-electron chi connectivity index (χ0n) is 11.5. The molecule has 0 saturated carbocycles. The summed E-state index contributed by atoms with van der Waals surface area (Å²) in [7, 11) is 0. The molecular weight excluding hydrogens is 286 g/mol. The third kappa shape index (κ3) is 13.0. The average molecular weight is 309 g/mol. The van der Waals surface area contributed by atoms with Crippen LogP contribution in [0.5, 0.6) is 0 Å². The van der Waals surface area contributed by atoms with Gasteiger partial charge in [0.15, 0.2) is 0 Å². The molecule has 0 bridgehead atoms. The molecule has 0 aromatic rings. The van der Waals surface area contributed by atoms with Crippen LogP contribution in [0, 0.1) is 0 Å². The van der Waals surface area contributed by atoms with Crippen LogP contribution < -0.4 is 17.2 Å². The highest BCUT2D eigenvalue weighted by Gasteiger charge is 2.14. The van der Waals surface area contributed by atoms with Crippen molar-refractivity contribution >= 4 is 17.9 Å². The summed E-state index contributed by atoms with van der Waals surface area (Å²) in [5.41, 5.74) is 15.3. The number of carboxylic acids is 3. The lowest BCUT2D eigenvalue weighted by atomic mass is 10.1. The van der Waals surface area contributed by atoms with Crippen molar-refractivity contribution in [1.82, 2.24) is 0 Å². The first-order valence-corrected chi connectivity index (χ1v) is 6.19. The van der Waals surface area contributed by atoms with Crippen LogP contribution in [-0.4, -0.2) is 63.1 Å². The molecule has 10 heteroatoms. The number of aliphatic carboxylic acids is 3. The van der Waals surface area contributed by atoms with Gasteiger partial charge < -0.3 is 37.6 Å². The van der Waals surface area contributed by atoms with Crippen LogP contribution in [0.2, 0.25) is 0 Å². The monoisotopic (exact) mass is 309 g/mol. The fourth-order valence-electron chi connectivity index (χ4n) is 1.07. The number of aliphatic hydroxyl groups is 1. The van der Waals surface area contributed by atoms with Crippen LogP contribution in [0.1, 0.15) is 25.7 Å². The van der Waals surface area contributed by atoms with E-state index in [4.69, 9.17) is 37.6 Å². The molecule has 10 nitrogen and oxygen atoms in total. The minimum atomic E-state index is -1.08. The Bertz CT molecular complexity index is 318. The molecule has 0 aromatic carbocycles. The van der Waals surface area contributed by atoms with Crippen molar-refractivity contribution < 1.29 is 34.8 Å². The van der Waals surface area contributed by atoms with Gasteiger partial charge in [0, 0.05) is 6.61 Å². The second-order valence-corrected chi connectivity index (χ2v) is 4.28. The summed E-state index contributed by atoms with van der Waals surface area (Å²) in [5, 5.41) is 33.0. The Kier molecular flexibility index (Phi) is 12.3. The van der Waals surface area contributed by atoms with Crippen molar-refractivity contribution in [3.05, 3.63) is 0 Å². The maximum absolute atomic E-state index is 10.2. The summed E-state index contributed by atoms with van der Waals surface area (Å²) in [6.07, 6.45) is 1.02. The van der Waals surface area contributed by atoms with E-state index in [1.807, 2.05) is 0 Å². The van der Waals surface area contributed by atoms with Crippen LogP contribution in [0.25, 0.3) is 0 Å². The van der Waals surface area contributed by atoms with Gasteiger partial charge in [-0.05, 0) is 25.7 Å². The molecule has 0 aromatic heterocycles. The molecule has 124 valence electrons. The number of carboxylic acid groups (broad SMARTS) is 3. The van der Waals surface area contributed by atoms with Crippen molar-refractivity contribution in [3.63, 3.8) is 0 Å². The fraction of sp³-hybridized carbons (Fsp3) is 0.727. The molecule has 10 N–H and O–H groups in total. The van der Waals surface area contributed by atoms with Crippen LogP contribution in [0.4, 0.5) is 0 Å². The van der Waals surface area contributed by atoms with E-state index in [0.29, 0.717) is 6.42 Å². The molecule has 0 aliphatic heterocycles. The lowest BCUT2D eigenvalue weighted by molar-refractivity contribution is -0.140. The summed E-state index contributed by atoms with van der Waals surface area (Å²) in [4.78, 5) is 30.3. The van der Waals surface area contributed by atoms with Crippen LogP contribution in [0.3, 0.4) is 0 Å². The summed E-state index contributed by atoms with van der Waals surface area (Å²) in [6.45, 7) is -0.173. The zero-order chi connectivity index (χ0) is 17.0. The largest absolute Gasteiger partial charge is 0.480 e. The van der Waals surface area contributed by atoms with E-state index in [1.165, 1.54) is 0 Å².